The Labute approximate surface area is 141 Å². The lowest BCUT2D eigenvalue weighted by molar-refractivity contribution is -0.137. The minimum atomic E-state index is -0.431. The van der Waals surface area contributed by atoms with Gasteiger partial charge < -0.3 is 4.74 Å². The maximum atomic E-state index is 11.9. The van der Waals surface area contributed by atoms with E-state index in [0.29, 0.717) is 18.6 Å². The molecule has 0 aliphatic heterocycles. The number of Topliss-reactive ketones (excluding diaryl/α,β-unsaturated/α-hetero) is 3. The summed E-state index contributed by atoms with van der Waals surface area (Å²) < 4.78 is 4.71. The van der Waals surface area contributed by atoms with Gasteiger partial charge in [0.2, 0.25) is 0 Å². The van der Waals surface area contributed by atoms with Gasteiger partial charge in [-0.3, -0.25) is 14.4 Å². The van der Waals surface area contributed by atoms with Gasteiger partial charge in [-0.1, -0.05) is 36.4 Å². The highest BCUT2D eigenvalue weighted by molar-refractivity contribution is 6.08. The van der Waals surface area contributed by atoms with Crippen LogP contribution in [0.15, 0.2) is 42.5 Å². The summed E-state index contributed by atoms with van der Waals surface area (Å²) in [7, 11) is 0. The lowest BCUT2D eigenvalue weighted by Gasteiger charge is -2.01. The number of esters is 1. The second-order valence-electron chi connectivity index (χ2n) is 5.24. The summed E-state index contributed by atoms with van der Waals surface area (Å²) in [6.07, 6.45) is 3.56. The fraction of sp³-hybridized carbons (Fsp3) is 0.368. The van der Waals surface area contributed by atoms with Crippen molar-refractivity contribution in [2.45, 2.75) is 39.0 Å². The van der Waals surface area contributed by atoms with Gasteiger partial charge in [-0.05, 0) is 13.3 Å². The Balaban J connectivity index is 2.23. The van der Waals surface area contributed by atoms with Crippen LogP contribution in [0, 0.1) is 0 Å². The van der Waals surface area contributed by atoms with E-state index in [4.69, 9.17) is 4.74 Å². The Morgan fingerprint density at radius 3 is 2.29 bits per heavy atom. The third-order valence-electron chi connectivity index (χ3n) is 3.27. The first-order valence-electron chi connectivity index (χ1n) is 7.98. The Bertz CT molecular complexity index is 601. The molecule has 5 heteroatoms. The maximum Gasteiger partial charge on any atom is 0.330 e. The number of hydrogen-bond acceptors (Lipinski definition) is 5. The highest BCUT2D eigenvalue weighted by atomic mass is 16.5. The predicted molar refractivity (Wildman–Crippen MR) is 89.6 cm³/mol. The zero-order valence-electron chi connectivity index (χ0n) is 13.8. The van der Waals surface area contributed by atoms with Gasteiger partial charge in [-0.15, -0.1) is 0 Å². The van der Waals surface area contributed by atoms with Gasteiger partial charge >= 0.3 is 5.97 Å². The van der Waals surface area contributed by atoms with E-state index in [-0.39, 0.29) is 43.0 Å². The van der Waals surface area contributed by atoms with Crippen molar-refractivity contribution in [1.29, 1.82) is 0 Å². The molecule has 0 fully saturated rings. The normalized spacial score (nSPS) is 10.5. The lowest BCUT2D eigenvalue weighted by Crippen LogP contribution is -2.10. The third kappa shape index (κ3) is 8.17. The largest absolute Gasteiger partial charge is 0.463 e. The van der Waals surface area contributed by atoms with E-state index in [9.17, 15) is 19.2 Å². The summed E-state index contributed by atoms with van der Waals surface area (Å²) in [6, 6.07) is 8.61. The second-order valence-corrected chi connectivity index (χ2v) is 5.24. The van der Waals surface area contributed by atoms with Crippen molar-refractivity contribution in [1.82, 2.24) is 0 Å². The number of hydrogen-bond donors (Lipinski definition) is 0. The second kappa shape index (κ2) is 11.0. The topological polar surface area (TPSA) is 77.5 Å². The summed E-state index contributed by atoms with van der Waals surface area (Å²) in [5.41, 5.74) is 0.501. The molecule has 0 unspecified atom stereocenters. The van der Waals surface area contributed by atoms with Crippen LogP contribution in [0.5, 0.6) is 0 Å². The smallest absolute Gasteiger partial charge is 0.330 e. The molecule has 1 aromatic rings. The van der Waals surface area contributed by atoms with Crippen LogP contribution in [0.1, 0.15) is 49.4 Å². The quantitative estimate of drug-likeness (QED) is 0.270. The average Bonchev–Trinajstić information content (AvgIpc) is 2.58. The van der Waals surface area contributed by atoms with Crippen LogP contribution in [0.4, 0.5) is 0 Å². The standard InChI is InChI=1S/C19H22O5/c1-2-24-19(23)11-7-6-10-16(20)12-13-17(21)14-18(22)15-8-4-3-5-9-15/h3-5,7-9,11H,2,6,10,12-14H2,1H3/b11-7+. The molecule has 0 aromatic heterocycles. The zero-order chi connectivity index (χ0) is 17.8. The first-order valence-corrected chi connectivity index (χ1v) is 7.98. The van der Waals surface area contributed by atoms with Crippen LogP contribution in [-0.2, 0) is 19.1 Å². The minimum absolute atomic E-state index is 0.0657. The van der Waals surface area contributed by atoms with E-state index in [2.05, 4.69) is 0 Å². The molecule has 5 nitrogen and oxygen atoms in total. The molecule has 0 radical (unpaired) electrons. The number of allylic oxidation sites excluding steroid dienone is 1. The molecule has 1 rings (SSSR count). The summed E-state index contributed by atoms with van der Waals surface area (Å²) in [6.45, 7) is 2.03. The molecule has 0 heterocycles. The Kier molecular flexibility index (Phi) is 8.97. The number of ether oxygens (including phenoxy) is 1. The molecule has 0 aliphatic carbocycles. The predicted octanol–water partition coefficient (Wildman–Crippen LogP) is 3.08. The number of ketones is 3. The van der Waals surface area contributed by atoms with Gasteiger partial charge in [0, 0.05) is 30.9 Å². The van der Waals surface area contributed by atoms with Crippen molar-refractivity contribution in [3.05, 3.63) is 48.0 Å². The average molecular weight is 330 g/mol. The van der Waals surface area contributed by atoms with Crippen LogP contribution in [-0.4, -0.2) is 29.9 Å². The molecule has 0 bridgehead atoms. The summed E-state index contributed by atoms with van der Waals surface area (Å²) >= 11 is 0. The summed E-state index contributed by atoms with van der Waals surface area (Å²) in [5.74, 6) is -0.965. The molecule has 0 saturated heterocycles. The van der Waals surface area contributed by atoms with E-state index >= 15 is 0 Å². The highest BCUT2D eigenvalue weighted by Crippen LogP contribution is 2.07. The lowest BCUT2D eigenvalue weighted by atomic mass is 10.0. The molecule has 0 aliphatic rings. The number of carbonyl (C=O) groups is 4. The van der Waals surface area contributed by atoms with Gasteiger partial charge in [-0.2, -0.15) is 0 Å². The first-order chi connectivity index (χ1) is 11.5. The molecule has 0 saturated carbocycles. The molecule has 24 heavy (non-hydrogen) atoms. The van der Waals surface area contributed by atoms with Crippen LogP contribution < -0.4 is 0 Å². The van der Waals surface area contributed by atoms with Crippen LogP contribution in [0.25, 0.3) is 0 Å². The Morgan fingerprint density at radius 2 is 1.62 bits per heavy atom. The van der Waals surface area contributed by atoms with Gasteiger partial charge in [0.15, 0.2) is 5.78 Å². The monoisotopic (exact) mass is 330 g/mol. The van der Waals surface area contributed by atoms with Crippen LogP contribution >= 0.6 is 0 Å². The molecule has 0 spiro atoms. The van der Waals surface area contributed by atoms with Gasteiger partial charge in [0.05, 0.1) is 13.0 Å². The summed E-state index contributed by atoms with van der Waals surface area (Å²) in [4.78, 5) is 46.4. The van der Waals surface area contributed by atoms with Crippen molar-refractivity contribution in [3.63, 3.8) is 0 Å². The van der Waals surface area contributed by atoms with Crippen molar-refractivity contribution < 1.29 is 23.9 Å². The van der Waals surface area contributed by atoms with Crippen LogP contribution in [0.3, 0.4) is 0 Å². The molecule has 0 amide bonds. The van der Waals surface area contributed by atoms with E-state index in [1.54, 1.807) is 43.3 Å². The van der Waals surface area contributed by atoms with Gasteiger partial charge in [0.25, 0.3) is 0 Å². The number of rotatable bonds is 11. The SMILES string of the molecule is CCOC(=O)/C=C/CCC(=O)CCC(=O)CC(=O)c1ccccc1. The summed E-state index contributed by atoms with van der Waals surface area (Å²) in [5, 5.41) is 0. The zero-order valence-corrected chi connectivity index (χ0v) is 13.8. The fourth-order valence-electron chi connectivity index (χ4n) is 2.01. The van der Waals surface area contributed by atoms with E-state index in [0.717, 1.165) is 0 Å². The van der Waals surface area contributed by atoms with E-state index in [1.807, 2.05) is 0 Å². The third-order valence-corrected chi connectivity index (χ3v) is 3.27. The fourth-order valence-corrected chi connectivity index (χ4v) is 2.01. The van der Waals surface area contributed by atoms with E-state index in [1.165, 1.54) is 6.08 Å². The number of carbonyl (C=O) groups excluding carboxylic acids is 4. The Morgan fingerprint density at radius 1 is 0.958 bits per heavy atom. The molecule has 0 atom stereocenters. The van der Waals surface area contributed by atoms with Crippen molar-refractivity contribution in [2.24, 2.45) is 0 Å². The molecule has 0 N–H and O–H groups in total. The molecule has 128 valence electrons. The Hall–Kier alpha value is -2.56. The van der Waals surface area contributed by atoms with Crippen molar-refractivity contribution in [2.75, 3.05) is 6.61 Å². The maximum absolute atomic E-state index is 11.9. The van der Waals surface area contributed by atoms with Gasteiger partial charge in [0.1, 0.15) is 11.6 Å². The first kappa shape index (κ1) is 19.5. The molecular formula is C19H22O5. The number of benzene rings is 1. The van der Waals surface area contributed by atoms with E-state index < -0.39 is 5.97 Å². The van der Waals surface area contributed by atoms with Crippen LogP contribution in [0.2, 0.25) is 0 Å². The minimum Gasteiger partial charge on any atom is -0.463 e. The van der Waals surface area contributed by atoms with Crippen molar-refractivity contribution >= 4 is 23.3 Å². The van der Waals surface area contributed by atoms with Gasteiger partial charge in [-0.25, -0.2) is 4.79 Å². The molecular weight excluding hydrogens is 308 g/mol. The molecule has 1 aromatic carbocycles. The highest BCUT2D eigenvalue weighted by Gasteiger charge is 2.13. The van der Waals surface area contributed by atoms with Crippen molar-refractivity contribution in [3.8, 4) is 0 Å².